The van der Waals surface area contributed by atoms with E-state index in [0.717, 1.165) is 61.9 Å². The van der Waals surface area contributed by atoms with Crippen LogP contribution in [0.3, 0.4) is 0 Å². The van der Waals surface area contributed by atoms with Gasteiger partial charge in [-0.05, 0) is 65.5 Å². The first kappa shape index (κ1) is 58.6. The molecule has 2 aliphatic rings. The van der Waals surface area contributed by atoms with Gasteiger partial charge in [0.1, 0.15) is 36.5 Å². The summed E-state index contributed by atoms with van der Waals surface area (Å²) in [6, 6.07) is 31.2. The number of phenols is 2. The van der Waals surface area contributed by atoms with Crippen LogP contribution in [0.15, 0.2) is 97.1 Å². The number of ether oxygens (including phenoxy) is 2. The topological polar surface area (TPSA) is 71.9 Å². The Bertz CT molecular complexity index is 1370. The van der Waals surface area contributed by atoms with E-state index in [1.165, 1.54) is 24.0 Å². The number of hydrogen-bond acceptors (Lipinski definition) is 8. The van der Waals surface area contributed by atoms with Gasteiger partial charge in [0.15, 0.2) is 0 Å². The molecule has 4 aromatic carbocycles. The molecule has 56 heavy (non-hydrogen) atoms. The second-order valence-electron chi connectivity index (χ2n) is 13.1. The van der Waals surface area contributed by atoms with Crippen molar-refractivity contribution in [2.75, 3.05) is 54.7 Å². The van der Waals surface area contributed by atoms with Crippen molar-refractivity contribution in [3.05, 3.63) is 119 Å². The zero-order valence-electron chi connectivity index (χ0n) is 33.8. The van der Waals surface area contributed by atoms with E-state index in [1.54, 1.807) is 12.1 Å². The van der Waals surface area contributed by atoms with E-state index < -0.39 is 0 Å². The third-order valence-corrected chi connectivity index (χ3v) is 7.65. The minimum atomic E-state index is 0. The van der Waals surface area contributed by atoms with Gasteiger partial charge in [-0.1, -0.05) is 157 Å². The van der Waals surface area contributed by atoms with Gasteiger partial charge in [-0.15, -0.1) is 0 Å². The summed E-state index contributed by atoms with van der Waals surface area (Å²) in [5.41, 5.74) is 4.53. The Balaban J connectivity index is -0.000000300. The zero-order chi connectivity index (χ0) is 38.7. The van der Waals surface area contributed by atoms with Gasteiger partial charge in [0.2, 0.25) is 0 Å². The summed E-state index contributed by atoms with van der Waals surface area (Å²) in [6.45, 7) is 19.7. The maximum absolute atomic E-state index is 9.43. The summed E-state index contributed by atoms with van der Waals surface area (Å²) >= 11 is 0. The van der Waals surface area contributed by atoms with Crippen LogP contribution in [0.2, 0.25) is 0 Å². The smallest absolute Gasteiger partial charge is 0.142 e. The molecule has 2 N–H and O–H groups in total. The van der Waals surface area contributed by atoms with Gasteiger partial charge in [0.25, 0.3) is 0 Å². The third-order valence-electron chi connectivity index (χ3n) is 7.65. The number of aromatic hydroxyl groups is 2. The first-order valence-electron chi connectivity index (χ1n) is 18.7. The standard InChI is InChI=1S/2C10H15NO.2C9H11NO.2C3H8.4CH4/c2*1-3-11(2)8-9-6-4-5-7-10(9)12;2*1-10-6-8-4-2-3-5-9(8)11-7-10;2*1-3-2;;;;/h2*4-7,12H,3,8H2,1-2H3;2*2-5H,6-7H2,1H3;2*3H2,1-2H3;4*1H4. The SMILES string of the molecule is C.C.C.C.CCC.CCC.CCN(C)Cc1ccccc1O.CCN(C)Cc1ccccc1O.CN1COc2ccccc2C1.CN1COc2ccccc2C1. The van der Waals surface area contributed by atoms with Crippen LogP contribution in [0.5, 0.6) is 23.0 Å². The lowest BCUT2D eigenvalue weighted by Crippen LogP contribution is -2.27. The molecular formula is C48H84N4O4. The van der Waals surface area contributed by atoms with E-state index in [0.29, 0.717) is 25.0 Å². The average Bonchev–Trinajstić information content (AvgIpc) is 3.15. The van der Waals surface area contributed by atoms with Crippen molar-refractivity contribution < 1.29 is 19.7 Å². The number of phenolic OH excluding ortho intramolecular Hbond substituents is 2. The molecule has 0 spiro atoms. The Morgan fingerprint density at radius 1 is 0.500 bits per heavy atom. The third kappa shape index (κ3) is 24.4. The highest BCUT2D eigenvalue weighted by Crippen LogP contribution is 2.24. The maximum atomic E-state index is 9.43. The van der Waals surface area contributed by atoms with Gasteiger partial charge in [-0.25, -0.2) is 0 Å². The lowest BCUT2D eigenvalue weighted by molar-refractivity contribution is 0.121. The Morgan fingerprint density at radius 2 is 0.786 bits per heavy atom. The average molecular weight is 781 g/mol. The van der Waals surface area contributed by atoms with Crippen molar-refractivity contribution in [1.29, 1.82) is 0 Å². The van der Waals surface area contributed by atoms with Crippen molar-refractivity contribution in [3.8, 4) is 23.0 Å². The van der Waals surface area contributed by atoms with Crippen molar-refractivity contribution in [1.82, 2.24) is 19.6 Å². The van der Waals surface area contributed by atoms with Crippen LogP contribution in [-0.2, 0) is 26.2 Å². The molecule has 2 heterocycles. The molecule has 0 bridgehead atoms. The van der Waals surface area contributed by atoms with Crippen LogP contribution in [0, 0.1) is 0 Å². The van der Waals surface area contributed by atoms with E-state index in [9.17, 15) is 10.2 Å². The fraction of sp³-hybridized carbons (Fsp3) is 0.500. The highest BCUT2D eigenvalue weighted by molar-refractivity contribution is 5.35. The lowest BCUT2D eigenvalue weighted by Gasteiger charge is -2.24. The summed E-state index contributed by atoms with van der Waals surface area (Å²) < 4.78 is 10.9. The first-order chi connectivity index (χ1) is 25.0. The first-order valence-corrected chi connectivity index (χ1v) is 18.7. The molecule has 8 nitrogen and oxygen atoms in total. The largest absolute Gasteiger partial charge is 0.508 e. The molecule has 0 aromatic heterocycles. The van der Waals surface area contributed by atoms with E-state index in [-0.39, 0.29) is 29.7 Å². The molecule has 0 unspecified atom stereocenters. The molecule has 4 aromatic rings. The minimum Gasteiger partial charge on any atom is -0.508 e. The molecule has 0 atom stereocenters. The van der Waals surface area contributed by atoms with Crippen LogP contribution >= 0.6 is 0 Å². The minimum absolute atomic E-state index is 0. The van der Waals surface area contributed by atoms with E-state index in [1.807, 2.05) is 86.9 Å². The predicted molar refractivity (Wildman–Crippen MR) is 246 cm³/mol. The van der Waals surface area contributed by atoms with Crippen molar-refractivity contribution in [2.24, 2.45) is 0 Å². The fourth-order valence-electron chi connectivity index (χ4n) is 4.68. The number of nitrogens with zero attached hydrogens (tertiary/aromatic N) is 4. The Morgan fingerprint density at radius 3 is 1.09 bits per heavy atom. The molecule has 2 aliphatic heterocycles. The van der Waals surface area contributed by atoms with Crippen LogP contribution < -0.4 is 9.47 Å². The van der Waals surface area contributed by atoms with Gasteiger partial charge in [-0.3, -0.25) is 9.80 Å². The summed E-state index contributed by atoms with van der Waals surface area (Å²) in [6.07, 6.45) is 2.50. The molecule has 0 amide bonds. The molecule has 8 heteroatoms. The predicted octanol–water partition coefficient (Wildman–Crippen LogP) is 12.0. The highest BCUT2D eigenvalue weighted by Gasteiger charge is 2.13. The van der Waals surface area contributed by atoms with E-state index >= 15 is 0 Å². The van der Waals surface area contributed by atoms with Gasteiger partial charge >= 0.3 is 0 Å². The van der Waals surface area contributed by atoms with E-state index in [2.05, 4.69) is 87.4 Å². The van der Waals surface area contributed by atoms with Crippen molar-refractivity contribution >= 4 is 0 Å². The Hall–Kier alpha value is -4.08. The number of benzene rings is 4. The summed E-state index contributed by atoms with van der Waals surface area (Å²) in [7, 11) is 8.17. The molecule has 0 saturated carbocycles. The molecule has 0 saturated heterocycles. The van der Waals surface area contributed by atoms with Crippen LogP contribution in [0.4, 0.5) is 0 Å². The van der Waals surface area contributed by atoms with Crippen LogP contribution in [0.25, 0.3) is 0 Å². The summed E-state index contributed by atoms with van der Waals surface area (Å²) in [5.74, 6) is 2.84. The Labute approximate surface area is 345 Å². The summed E-state index contributed by atoms with van der Waals surface area (Å²) in [4.78, 5) is 8.58. The van der Waals surface area contributed by atoms with Gasteiger partial charge in [0, 0.05) is 48.4 Å². The van der Waals surface area contributed by atoms with Crippen molar-refractivity contribution in [2.45, 2.75) is 110 Å². The van der Waals surface area contributed by atoms with Crippen molar-refractivity contribution in [3.63, 3.8) is 0 Å². The molecule has 6 rings (SSSR count). The summed E-state index contributed by atoms with van der Waals surface area (Å²) in [5, 5.41) is 18.9. The monoisotopic (exact) mass is 781 g/mol. The zero-order valence-corrected chi connectivity index (χ0v) is 33.8. The number of para-hydroxylation sites is 4. The normalized spacial score (nSPS) is 11.9. The fourth-order valence-corrected chi connectivity index (χ4v) is 4.68. The quantitative estimate of drug-likeness (QED) is 0.200. The molecular weight excluding hydrogens is 697 g/mol. The lowest BCUT2D eigenvalue weighted by atomic mass is 10.2. The molecule has 0 radical (unpaired) electrons. The van der Waals surface area contributed by atoms with Gasteiger partial charge in [0.05, 0.1) is 0 Å². The number of hydrogen-bond donors (Lipinski definition) is 2. The van der Waals surface area contributed by atoms with Gasteiger partial charge < -0.3 is 29.5 Å². The van der Waals surface area contributed by atoms with Crippen LogP contribution in [-0.4, -0.2) is 84.6 Å². The second kappa shape index (κ2) is 35.3. The molecule has 0 aliphatic carbocycles. The maximum Gasteiger partial charge on any atom is 0.142 e. The molecule has 320 valence electrons. The number of fused-ring (bicyclic) bond motifs is 2. The molecule has 0 fully saturated rings. The Kier molecular flexibility index (Phi) is 37.0. The highest BCUT2D eigenvalue weighted by atomic mass is 16.5. The van der Waals surface area contributed by atoms with Gasteiger partial charge in [-0.2, -0.15) is 0 Å². The number of rotatable bonds is 6. The van der Waals surface area contributed by atoms with E-state index in [4.69, 9.17) is 9.47 Å². The van der Waals surface area contributed by atoms with Crippen LogP contribution in [0.1, 0.15) is 106 Å². The second-order valence-corrected chi connectivity index (χ2v) is 13.1.